The van der Waals surface area contributed by atoms with Crippen LogP contribution in [0, 0.1) is 5.92 Å². The molecule has 0 radical (unpaired) electrons. The van der Waals surface area contributed by atoms with Gasteiger partial charge in [0.05, 0.1) is 12.7 Å². The van der Waals surface area contributed by atoms with Crippen molar-refractivity contribution >= 4 is 11.3 Å². The van der Waals surface area contributed by atoms with Crippen molar-refractivity contribution in [3.05, 3.63) is 16.3 Å². The molecule has 0 saturated carbocycles. The minimum absolute atomic E-state index is 0.0140. The topological polar surface area (TPSA) is 53.7 Å². The third-order valence-corrected chi connectivity index (χ3v) is 5.62. The number of hydrogen-bond acceptors (Lipinski definition) is 5. The Balaban J connectivity index is 1.69. The van der Waals surface area contributed by atoms with Gasteiger partial charge in [-0.2, -0.15) is 0 Å². The summed E-state index contributed by atoms with van der Waals surface area (Å²) in [5, 5.41) is 2.03. The maximum Gasteiger partial charge on any atom is 0.129 e. The molecule has 2 atom stereocenters. The van der Waals surface area contributed by atoms with E-state index in [1.807, 2.05) is 5.38 Å². The normalized spacial score (nSPS) is 27.4. The van der Waals surface area contributed by atoms with Crippen molar-refractivity contribution in [3.63, 3.8) is 0 Å². The summed E-state index contributed by atoms with van der Waals surface area (Å²) in [6, 6.07) is 2.16. The Bertz CT molecular complexity index is 437. The van der Waals surface area contributed by atoms with E-state index in [1.165, 1.54) is 4.88 Å². The van der Waals surface area contributed by atoms with Gasteiger partial charge < -0.3 is 19.9 Å². The predicted octanol–water partition coefficient (Wildman–Crippen LogP) is 2.73. The van der Waals surface area contributed by atoms with Crippen LogP contribution in [0.5, 0.6) is 5.75 Å². The number of methoxy groups -OCH3 is 1. The highest BCUT2D eigenvalue weighted by molar-refractivity contribution is 7.10. The molecule has 112 valence electrons. The van der Waals surface area contributed by atoms with Gasteiger partial charge in [0.25, 0.3) is 0 Å². The molecule has 0 amide bonds. The minimum Gasteiger partial charge on any atom is -0.496 e. The Kier molecular flexibility index (Phi) is 4.31. The van der Waals surface area contributed by atoms with Crippen LogP contribution in [-0.4, -0.2) is 32.5 Å². The zero-order valence-corrected chi connectivity index (χ0v) is 12.8. The molecule has 1 aromatic rings. The van der Waals surface area contributed by atoms with Gasteiger partial charge in [-0.05, 0) is 37.7 Å². The molecule has 4 nitrogen and oxygen atoms in total. The Morgan fingerprint density at radius 2 is 2.20 bits per heavy atom. The Hall–Kier alpha value is -0.620. The summed E-state index contributed by atoms with van der Waals surface area (Å²) >= 11 is 1.70. The second-order valence-corrected chi connectivity index (χ2v) is 6.75. The van der Waals surface area contributed by atoms with Gasteiger partial charge in [-0.15, -0.1) is 11.3 Å². The quantitative estimate of drug-likeness (QED) is 0.932. The van der Waals surface area contributed by atoms with Crippen molar-refractivity contribution in [3.8, 4) is 5.75 Å². The fourth-order valence-corrected chi connectivity index (χ4v) is 4.26. The van der Waals surface area contributed by atoms with E-state index in [2.05, 4.69) is 6.07 Å². The van der Waals surface area contributed by atoms with Gasteiger partial charge in [-0.1, -0.05) is 0 Å². The number of rotatable bonds is 3. The van der Waals surface area contributed by atoms with Crippen molar-refractivity contribution in [2.24, 2.45) is 11.7 Å². The Morgan fingerprint density at radius 3 is 2.90 bits per heavy atom. The molecule has 1 spiro atoms. The number of thiophene rings is 1. The van der Waals surface area contributed by atoms with E-state index in [-0.39, 0.29) is 11.6 Å². The van der Waals surface area contributed by atoms with E-state index in [1.54, 1.807) is 18.4 Å². The second kappa shape index (κ2) is 6.02. The molecule has 2 aliphatic heterocycles. The minimum atomic E-state index is 0.0140. The fraction of sp³-hybridized carbons (Fsp3) is 0.733. The molecule has 20 heavy (non-hydrogen) atoms. The first-order valence-corrected chi connectivity index (χ1v) is 8.20. The Labute approximate surface area is 124 Å². The number of hydrogen-bond donors (Lipinski definition) is 1. The molecule has 0 aromatic carbocycles. The third-order valence-electron chi connectivity index (χ3n) is 4.60. The summed E-state index contributed by atoms with van der Waals surface area (Å²) < 4.78 is 16.8. The van der Waals surface area contributed by atoms with Crippen LogP contribution in [0.3, 0.4) is 0 Å². The van der Waals surface area contributed by atoms with Gasteiger partial charge in [0.15, 0.2) is 0 Å². The van der Waals surface area contributed by atoms with Crippen LogP contribution in [-0.2, 0) is 9.47 Å². The van der Waals surface area contributed by atoms with Crippen LogP contribution in [0.15, 0.2) is 11.4 Å². The van der Waals surface area contributed by atoms with Crippen LogP contribution < -0.4 is 10.5 Å². The SMILES string of the molecule is COc1csc(C(N)C2CCOC3(CCOCC3)C2)c1. The van der Waals surface area contributed by atoms with Crippen molar-refractivity contribution in [2.75, 3.05) is 26.9 Å². The first-order chi connectivity index (χ1) is 9.72. The van der Waals surface area contributed by atoms with Crippen molar-refractivity contribution < 1.29 is 14.2 Å². The molecule has 2 saturated heterocycles. The molecule has 5 heteroatoms. The lowest BCUT2D eigenvalue weighted by molar-refractivity contribution is -0.149. The lowest BCUT2D eigenvalue weighted by Crippen LogP contribution is -2.46. The van der Waals surface area contributed by atoms with Crippen LogP contribution >= 0.6 is 11.3 Å². The first-order valence-electron chi connectivity index (χ1n) is 7.32. The fourth-order valence-electron chi connectivity index (χ4n) is 3.31. The largest absolute Gasteiger partial charge is 0.496 e. The van der Waals surface area contributed by atoms with Crippen LogP contribution in [0.2, 0.25) is 0 Å². The predicted molar refractivity (Wildman–Crippen MR) is 79.3 cm³/mol. The highest BCUT2D eigenvalue weighted by Crippen LogP contribution is 2.42. The average Bonchev–Trinajstić information content (AvgIpc) is 2.96. The molecular formula is C15H23NO3S. The van der Waals surface area contributed by atoms with E-state index in [9.17, 15) is 0 Å². The molecule has 2 N–H and O–H groups in total. The summed E-state index contributed by atoms with van der Waals surface area (Å²) in [5.41, 5.74) is 6.51. The first kappa shape index (κ1) is 14.3. The van der Waals surface area contributed by atoms with Gasteiger partial charge in [0.2, 0.25) is 0 Å². The van der Waals surface area contributed by atoms with Gasteiger partial charge in [-0.25, -0.2) is 0 Å². The zero-order chi connectivity index (χ0) is 14.0. The van der Waals surface area contributed by atoms with Gasteiger partial charge in [0, 0.05) is 36.1 Å². The monoisotopic (exact) mass is 297 g/mol. The molecule has 3 rings (SSSR count). The molecule has 2 aliphatic rings. The molecule has 2 fully saturated rings. The summed E-state index contributed by atoms with van der Waals surface area (Å²) in [4.78, 5) is 1.22. The van der Waals surface area contributed by atoms with E-state index >= 15 is 0 Å². The molecular weight excluding hydrogens is 274 g/mol. The Morgan fingerprint density at radius 1 is 1.40 bits per heavy atom. The van der Waals surface area contributed by atoms with E-state index in [0.717, 1.165) is 51.3 Å². The van der Waals surface area contributed by atoms with Crippen molar-refractivity contribution in [1.29, 1.82) is 0 Å². The van der Waals surface area contributed by atoms with Crippen LogP contribution in [0.4, 0.5) is 0 Å². The molecule has 1 aromatic heterocycles. The number of nitrogens with two attached hydrogens (primary N) is 1. The maximum atomic E-state index is 6.50. The third kappa shape index (κ3) is 2.86. The standard InChI is InChI=1S/C15H23NO3S/c1-17-12-8-13(20-10-12)14(16)11-2-5-19-15(9-11)3-6-18-7-4-15/h8,10-11,14H,2-7,9,16H2,1H3. The smallest absolute Gasteiger partial charge is 0.129 e. The second-order valence-electron chi connectivity index (χ2n) is 5.81. The van der Waals surface area contributed by atoms with E-state index < -0.39 is 0 Å². The lowest BCUT2D eigenvalue weighted by Gasteiger charge is -2.44. The highest BCUT2D eigenvalue weighted by Gasteiger charge is 2.41. The van der Waals surface area contributed by atoms with Crippen molar-refractivity contribution in [2.45, 2.75) is 37.3 Å². The summed E-state index contributed by atoms with van der Waals surface area (Å²) in [7, 11) is 1.70. The summed E-state index contributed by atoms with van der Waals surface area (Å²) in [6.45, 7) is 2.45. The summed E-state index contributed by atoms with van der Waals surface area (Å²) in [5.74, 6) is 1.40. The van der Waals surface area contributed by atoms with E-state index in [0.29, 0.717) is 5.92 Å². The highest BCUT2D eigenvalue weighted by atomic mass is 32.1. The maximum absolute atomic E-state index is 6.50. The molecule has 0 bridgehead atoms. The zero-order valence-electron chi connectivity index (χ0n) is 12.0. The molecule has 2 unspecified atom stereocenters. The van der Waals surface area contributed by atoms with Crippen molar-refractivity contribution in [1.82, 2.24) is 0 Å². The van der Waals surface area contributed by atoms with Crippen LogP contribution in [0.1, 0.15) is 36.6 Å². The van der Waals surface area contributed by atoms with Gasteiger partial charge in [-0.3, -0.25) is 0 Å². The molecule has 3 heterocycles. The lowest BCUT2D eigenvalue weighted by atomic mass is 9.77. The van der Waals surface area contributed by atoms with Crippen LogP contribution in [0.25, 0.3) is 0 Å². The van der Waals surface area contributed by atoms with E-state index in [4.69, 9.17) is 19.9 Å². The van der Waals surface area contributed by atoms with Gasteiger partial charge in [0.1, 0.15) is 5.75 Å². The molecule has 0 aliphatic carbocycles. The average molecular weight is 297 g/mol. The summed E-state index contributed by atoms with van der Waals surface area (Å²) in [6.07, 6.45) is 4.11. The van der Waals surface area contributed by atoms with Gasteiger partial charge >= 0.3 is 0 Å². The number of ether oxygens (including phenoxy) is 3.